The van der Waals surface area contributed by atoms with Crippen LogP contribution in [0.5, 0.6) is 0 Å². The summed E-state index contributed by atoms with van der Waals surface area (Å²) in [5.74, 6) is 0.572. The molecule has 17 heavy (non-hydrogen) atoms. The Morgan fingerprint density at radius 1 is 1.35 bits per heavy atom. The van der Waals surface area contributed by atoms with Crippen molar-refractivity contribution in [3.05, 3.63) is 33.8 Å². The van der Waals surface area contributed by atoms with Crippen LogP contribution in [-0.2, 0) is 11.2 Å². The van der Waals surface area contributed by atoms with Crippen LogP contribution in [0.3, 0.4) is 0 Å². The van der Waals surface area contributed by atoms with Crippen LogP contribution >= 0.6 is 15.9 Å². The highest BCUT2D eigenvalue weighted by atomic mass is 79.9. The molecular formula is C14H20BrNO. The molecule has 0 amide bonds. The SMILES string of the molecule is NCCCCc1ccc(C2CCOC2)c(Br)c1. The quantitative estimate of drug-likeness (QED) is 0.847. The normalized spacial score (nSPS) is 19.8. The lowest BCUT2D eigenvalue weighted by Crippen LogP contribution is -2.01. The van der Waals surface area contributed by atoms with Crippen LogP contribution in [-0.4, -0.2) is 19.8 Å². The van der Waals surface area contributed by atoms with Crippen LogP contribution in [0.15, 0.2) is 22.7 Å². The molecule has 1 atom stereocenters. The number of rotatable bonds is 5. The molecule has 0 radical (unpaired) electrons. The smallest absolute Gasteiger partial charge is 0.0535 e. The van der Waals surface area contributed by atoms with Crippen LogP contribution in [0.2, 0.25) is 0 Å². The van der Waals surface area contributed by atoms with Gasteiger partial charge in [-0.2, -0.15) is 0 Å². The highest BCUT2D eigenvalue weighted by Gasteiger charge is 2.19. The number of benzene rings is 1. The van der Waals surface area contributed by atoms with Crippen molar-refractivity contribution in [1.29, 1.82) is 0 Å². The van der Waals surface area contributed by atoms with E-state index in [1.54, 1.807) is 0 Å². The van der Waals surface area contributed by atoms with Gasteiger partial charge in [-0.3, -0.25) is 0 Å². The standard InChI is InChI=1S/C14H20BrNO/c15-14-9-11(3-1-2-7-16)4-5-13(14)12-6-8-17-10-12/h4-5,9,12H,1-3,6-8,10,16H2. The third-order valence-electron chi connectivity index (χ3n) is 3.35. The van der Waals surface area contributed by atoms with Crippen molar-refractivity contribution in [1.82, 2.24) is 0 Å². The Bertz CT molecular complexity index is 361. The number of hydrogen-bond donors (Lipinski definition) is 1. The van der Waals surface area contributed by atoms with E-state index in [2.05, 4.69) is 34.1 Å². The van der Waals surface area contributed by atoms with Gasteiger partial charge in [-0.25, -0.2) is 0 Å². The van der Waals surface area contributed by atoms with Crippen LogP contribution in [0, 0.1) is 0 Å². The molecule has 1 fully saturated rings. The van der Waals surface area contributed by atoms with Crippen LogP contribution in [0.25, 0.3) is 0 Å². The third-order valence-corrected chi connectivity index (χ3v) is 4.04. The summed E-state index contributed by atoms with van der Waals surface area (Å²) >= 11 is 3.69. The fourth-order valence-corrected chi connectivity index (χ4v) is 3.06. The van der Waals surface area contributed by atoms with Gasteiger partial charge in [0.1, 0.15) is 0 Å². The van der Waals surface area contributed by atoms with Crippen molar-refractivity contribution in [2.45, 2.75) is 31.6 Å². The zero-order valence-corrected chi connectivity index (χ0v) is 11.7. The molecule has 1 aromatic rings. The van der Waals surface area contributed by atoms with Crippen molar-refractivity contribution in [3.8, 4) is 0 Å². The Kier molecular flexibility index (Phi) is 5.01. The summed E-state index contributed by atoms with van der Waals surface area (Å²) in [7, 11) is 0. The van der Waals surface area contributed by atoms with Gasteiger partial charge in [0.25, 0.3) is 0 Å². The lowest BCUT2D eigenvalue weighted by atomic mass is 9.96. The van der Waals surface area contributed by atoms with Gasteiger partial charge in [-0.05, 0) is 49.4 Å². The fourth-order valence-electron chi connectivity index (χ4n) is 2.31. The number of halogens is 1. The molecule has 2 nitrogen and oxygen atoms in total. The van der Waals surface area contributed by atoms with E-state index in [0.29, 0.717) is 5.92 Å². The molecule has 1 aliphatic rings. The molecule has 1 aliphatic heterocycles. The molecule has 3 heteroatoms. The number of unbranched alkanes of at least 4 members (excludes halogenated alkanes) is 1. The average Bonchev–Trinajstić information content (AvgIpc) is 2.83. The second kappa shape index (κ2) is 6.53. The molecule has 0 aromatic heterocycles. The Balaban J connectivity index is 2.00. The van der Waals surface area contributed by atoms with Gasteiger partial charge in [0.05, 0.1) is 6.61 Å². The Morgan fingerprint density at radius 2 is 2.24 bits per heavy atom. The molecule has 1 unspecified atom stereocenters. The maximum Gasteiger partial charge on any atom is 0.0535 e. The zero-order chi connectivity index (χ0) is 12.1. The topological polar surface area (TPSA) is 35.2 Å². The summed E-state index contributed by atoms with van der Waals surface area (Å²) in [5.41, 5.74) is 8.30. The molecule has 2 N–H and O–H groups in total. The van der Waals surface area contributed by atoms with Gasteiger partial charge in [0, 0.05) is 17.0 Å². The summed E-state index contributed by atoms with van der Waals surface area (Å²) in [5, 5.41) is 0. The van der Waals surface area contributed by atoms with Crippen molar-refractivity contribution in [2.24, 2.45) is 5.73 Å². The number of aryl methyl sites for hydroxylation is 1. The second-order valence-electron chi connectivity index (χ2n) is 4.66. The zero-order valence-electron chi connectivity index (χ0n) is 10.1. The highest BCUT2D eigenvalue weighted by Crippen LogP contribution is 2.31. The lowest BCUT2D eigenvalue weighted by Gasteiger charge is -2.12. The number of nitrogens with two attached hydrogens (primary N) is 1. The first kappa shape index (κ1) is 13.1. The minimum absolute atomic E-state index is 0.572. The third kappa shape index (κ3) is 3.54. The molecule has 2 rings (SSSR count). The molecule has 0 aliphatic carbocycles. The maximum absolute atomic E-state index is 5.51. The first-order valence-corrected chi connectivity index (χ1v) is 7.16. The molecule has 0 saturated carbocycles. The molecule has 1 heterocycles. The van der Waals surface area contributed by atoms with E-state index in [0.717, 1.165) is 39.0 Å². The van der Waals surface area contributed by atoms with Gasteiger partial charge in [0.15, 0.2) is 0 Å². The highest BCUT2D eigenvalue weighted by molar-refractivity contribution is 9.10. The molecule has 0 bridgehead atoms. The minimum atomic E-state index is 0.572. The van der Waals surface area contributed by atoms with E-state index in [9.17, 15) is 0 Å². The predicted octanol–water partition coefficient (Wildman–Crippen LogP) is 3.23. The van der Waals surface area contributed by atoms with Crippen LogP contribution in [0.4, 0.5) is 0 Å². The van der Waals surface area contributed by atoms with Gasteiger partial charge in [-0.1, -0.05) is 28.1 Å². The van der Waals surface area contributed by atoms with Gasteiger partial charge in [0.2, 0.25) is 0 Å². The first-order chi connectivity index (χ1) is 8.31. The lowest BCUT2D eigenvalue weighted by molar-refractivity contribution is 0.194. The van der Waals surface area contributed by atoms with Crippen molar-refractivity contribution >= 4 is 15.9 Å². The molecule has 94 valence electrons. The van der Waals surface area contributed by atoms with E-state index >= 15 is 0 Å². The van der Waals surface area contributed by atoms with E-state index in [4.69, 9.17) is 10.5 Å². The minimum Gasteiger partial charge on any atom is -0.381 e. The monoisotopic (exact) mass is 297 g/mol. The Hall–Kier alpha value is -0.380. The summed E-state index contributed by atoms with van der Waals surface area (Å²) < 4.78 is 6.68. The van der Waals surface area contributed by atoms with Crippen molar-refractivity contribution in [3.63, 3.8) is 0 Å². The van der Waals surface area contributed by atoms with Gasteiger partial charge >= 0.3 is 0 Å². The van der Waals surface area contributed by atoms with E-state index in [-0.39, 0.29) is 0 Å². The van der Waals surface area contributed by atoms with E-state index in [1.165, 1.54) is 22.0 Å². The molecule has 1 saturated heterocycles. The molecular weight excluding hydrogens is 278 g/mol. The fraction of sp³-hybridized carbons (Fsp3) is 0.571. The number of hydrogen-bond acceptors (Lipinski definition) is 2. The van der Waals surface area contributed by atoms with E-state index in [1.807, 2.05) is 0 Å². The van der Waals surface area contributed by atoms with Crippen molar-refractivity contribution in [2.75, 3.05) is 19.8 Å². The summed E-state index contributed by atoms with van der Waals surface area (Å²) in [4.78, 5) is 0. The van der Waals surface area contributed by atoms with Crippen molar-refractivity contribution < 1.29 is 4.74 Å². The van der Waals surface area contributed by atoms with Gasteiger partial charge in [-0.15, -0.1) is 0 Å². The second-order valence-corrected chi connectivity index (χ2v) is 5.52. The Morgan fingerprint density at radius 3 is 2.88 bits per heavy atom. The van der Waals surface area contributed by atoms with Gasteiger partial charge < -0.3 is 10.5 Å². The van der Waals surface area contributed by atoms with E-state index < -0.39 is 0 Å². The summed E-state index contributed by atoms with van der Waals surface area (Å²) in [6.45, 7) is 2.55. The summed E-state index contributed by atoms with van der Waals surface area (Å²) in [6.07, 6.45) is 4.55. The maximum atomic E-state index is 5.51. The average molecular weight is 298 g/mol. The predicted molar refractivity (Wildman–Crippen MR) is 74.3 cm³/mol. The Labute approximate surface area is 112 Å². The largest absolute Gasteiger partial charge is 0.381 e. The first-order valence-electron chi connectivity index (χ1n) is 6.37. The van der Waals surface area contributed by atoms with Crippen LogP contribution in [0.1, 0.15) is 36.3 Å². The van der Waals surface area contributed by atoms with Crippen LogP contribution < -0.4 is 5.73 Å². The number of ether oxygens (including phenoxy) is 1. The molecule has 0 spiro atoms. The summed E-state index contributed by atoms with van der Waals surface area (Å²) in [6, 6.07) is 6.75. The molecule has 1 aromatic carbocycles.